The average molecular weight is 358 g/mol. The largest absolute Gasteiger partial charge is 0.472 e. The second kappa shape index (κ2) is 5.84. The van der Waals surface area contributed by atoms with Crippen molar-refractivity contribution in [1.29, 1.82) is 0 Å². The Morgan fingerprint density at radius 3 is 2.62 bits per heavy atom. The Balaban J connectivity index is 1.66. The van der Waals surface area contributed by atoms with Gasteiger partial charge >= 0.3 is 5.97 Å². The van der Waals surface area contributed by atoms with Gasteiger partial charge in [-0.2, -0.15) is 0 Å². The number of aliphatic carboxylic acids is 1. The van der Waals surface area contributed by atoms with Gasteiger partial charge in [0.2, 0.25) is 0 Å². The summed E-state index contributed by atoms with van der Waals surface area (Å²) in [6.45, 7) is 4.51. The Labute approximate surface area is 155 Å². The Morgan fingerprint density at radius 2 is 1.88 bits per heavy atom. The molecule has 3 N–H and O–H groups in total. The van der Waals surface area contributed by atoms with Crippen LogP contribution in [0.1, 0.15) is 65.2 Å². The van der Waals surface area contributed by atoms with Crippen LogP contribution in [-0.2, 0) is 4.79 Å². The molecule has 0 spiro atoms. The van der Waals surface area contributed by atoms with Crippen molar-refractivity contribution in [2.75, 3.05) is 0 Å². The van der Waals surface area contributed by atoms with Crippen LogP contribution in [0.3, 0.4) is 0 Å². The highest BCUT2D eigenvalue weighted by molar-refractivity contribution is 5.86. The summed E-state index contributed by atoms with van der Waals surface area (Å²) >= 11 is 0. The van der Waals surface area contributed by atoms with E-state index in [9.17, 15) is 15.0 Å². The first-order chi connectivity index (χ1) is 12.2. The van der Waals surface area contributed by atoms with Crippen LogP contribution in [0.15, 0.2) is 11.6 Å². The van der Waals surface area contributed by atoms with Gasteiger partial charge < -0.3 is 15.3 Å². The number of fused-ring (bicyclic) bond motifs is 5. The zero-order chi connectivity index (χ0) is 18.7. The molecule has 3 fully saturated rings. The van der Waals surface area contributed by atoms with E-state index in [1.165, 1.54) is 5.57 Å². The minimum Gasteiger partial charge on any atom is -0.472 e. The molecule has 0 unspecified atom stereocenters. The molecule has 0 saturated heterocycles. The molecule has 4 aliphatic carbocycles. The smallest absolute Gasteiger partial charge is 0.382 e. The van der Waals surface area contributed by atoms with Gasteiger partial charge in [-0.1, -0.05) is 31.4 Å². The quantitative estimate of drug-likeness (QED) is 0.459. The molecular weight excluding hydrogens is 328 g/mol. The summed E-state index contributed by atoms with van der Waals surface area (Å²) in [4.78, 5) is 10.9. The fourth-order valence-corrected chi connectivity index (χ4v) is 7.02. The van der Waals surface area contributed by atoms with Crippen LogP contribution in [0.5, 0.6) is 0 Å². The summed E-state index contributed by atoms with van der Waals surface area (Å²) in [7, 11) is 0. The monoisotopic (exact) mass is 358 g/mol. The first kappa shape index (κ1) is 18.1. The summed E-state index contributed by atoms with van der Waals surface area (Å²) in [5.74, 6) is 5.26. The van der Waals surface area contributed by atoms with Crippen LogP contribution < -0.4 is 0 Å². The predicted molar refractivity (Wildman–Crippen MR) is 98.1 cm³/mol. The number of carboxylic acids is 1. The molecule has 0 heterocycles. The molecule has 0 radical (unpaired) electrons. The highest BCUT2D eigenvalue weighted by atomic mass is 16.4. The van der Waals surface area contributed by atoms with Crippen molar-refractivity contribution in [2.45, 2.75) is 76.9 Å². The van der Waals surface area contributed by atoms with E-state index in [1.54, 1.807) is 0 Å². The molecule has 3 saturated carbocycles. The summed E-state index contributed by atoms with van der Waals surface area (Å²) < 4.78 is 0. The Hall–Kier alpha value is -1.31. The lowest BCUT2D eigenvalue weighted by molar-refractivity contribution is -0.130. The van der Waals surface area contributed by atoms with Gasteiger partial charge in [0, 0.05) is 11.3 Å². The SMILES string of the molecule is C[C@]12CC[C@H](O)CC1=CC[C@@H]1[C@@H]2CC[C@@]2(C)[C@H]1CC[C@@]2(O)C#CC(=O)O. The number of rotatable bonds is 0. The van der Waals surface area contributed by atoms with E-state index >= 15 is 0 Å². The van der Waals surface area contributed by atoms with Crippen molar-refractivity contribution in [3.8, 4) is 11.8 Å². The lowest BCUT2D eigenvalue weighted by Crippen LogP contribution is -2.54. The zero-order valence-electron chi connectivity index (χ0n) is 15.8. The molecule has 0 aromatic heterocycles. The highest BCUT2D eigenvalue weighted by Gasteiger charge is 2.63. The van der Waals surface area contributed by atoms with Crippen LogP contribution in [0.4, 0.5) is 0 Å². The molecule has 4 nitrogen and oxygen atoms in total. The number of carbonyl (C=O) groups is 1. The molecule has 0 bridgehead atoms. The van der Waals surface area contributed by atoms with Gasteiger partial charge in [-0.3, -0.25) is 0 Å². The van der Waals surface area contributed by atoms with E-state index < -0.39 is 11.6 Å². The van der Waals surface area contributed by atoms with Crippen molar-refractivity contribution < 1.29 is 20.1 Å². The molecule has 0 aromatic rings. The van der Waals surface area contributed by atoms with Crippen molar-refractivity contribution in [3.63, 3.8) is 0 Å². The molecule has 4 rings (SSSR count). The first-order valence-corrected chi connectivity index (χ1v) is 10.1. The van der Waals surface area contributed by atoms with Crippen LogP contribution in [0.2, 0.25) is 0 Å². The minimum atomic E-state index is -1.19. The first-order valence-electron chi connectivity index (χ1n) is 10.1. The highest BCUT2D eigenvalue weighted by Crippen LogP contribution is 2.67. The molecule has 7 atom stereocenters. The predicted octanol–water partition coefficient (Wildman–Crippen LogP) is 3.13. The van der Waals surface area contributed by atoms with Crippen molar-refractivity contribution in [3.05, 3.63) is 11.6 Å². The lowest BCUT2D eigenvalue weighted by Gasteiger charge is -2.58. The number of aliphatic hydroxyl groups excluding tert-OH is 1. The van der Waals surface area contributed by atoms with Gasteiger partial charge in [-0.15, -0.1) is 0 Å². The molecular formula is C22H30O4. The molecule has 0 aromatic carbocycles. The Kier molecular flexibility index (Phi) is 4.06. The van der Waals surface area contributed by atoms with Gasteiger partial charge in [0.25, 0.3) is 0 Å². The average Bonchev–Trinajstić information content (AvgIpc) is 2.86. The number of allylic oxidation sites excluding steroid dienone is 1. The third-order valence-electron chi connectivity index (χ3n) is 8.61. The maximum Gasteiger partial charge on any atom is 0.382 e. The van der Waals surface area contributed by atoms with E-state index in [1.807, 2.05) is 0 Å². The topological polar surface area (TPSA) is 77.8 Å². The minimum absolute atomic E-state index is 0.178. The van der Waals surface area contributed by atoms with Gasteiger partial charge in [0.15, 0.2) is 0 Å². The standard InChI is InChI=1S/C22H30O4/c1-20-9-5-15(23)13-14(20)3-4-16-17(20)6-10-21(2)18(16)7-11-22(21,26)12-8-19(24)25/h3,15-18,23,26H,4-7,9-11,13H2,1-2H3,(H,24,25)/t15-,16+,17-,18-,20-,21-,22+/m0/s1. The van der Waals surface area contributed by atoms with Crippen LogP contribution in [0.25, 0.3) is 0 Å². The van der Waals surface area contributed by atoms with Crippen molar-refractivity contribution in [1.82, 2.24) is 0 Å². The van der Waals surface area contributed by atoms with Gasteiger partial charge in [0.05, 0.1) is 6.10 Å². The van der Waals surface area contributed by atoms with Gasteiger partial charge in [-0.25, -0.2) is 4.79 Å². The Morgan fingerprint density at radius 1 is 1.15 bits per heavy atom. The van der Waals surface area contributed by atoms with Gasteiger partial charge in [-0.05, 0) is 74.5 Å². The molecule has 0 aliphatic heterocycles. The maximum atomic E-state index is 11.2. The lowest BCUT2D eigenvalue weighted by atomic mass is 9.47. The molecule has 26 heavy (non-hydrogen) atoms. The van der Waals surface area contributed by atoms with Crippen molar-refractivity contribution >= 4 is 5.97 Å². The summed E-state index contributed by atoms with van der Waals surface area (Å²) in [5, 5.41) is 30.2. The van der Waals surface area contributed by atoms with Crippen molar-refractivity contribution in [2.24, 2.45) is 28.6 Å². The summed E-state index contributed by atoms with van der Waals surface area (Å²) in [6.07, 6.45) is 9.39. The maximum absolute atomic E-state index is 11.2. The van der Waals surface area contributed by atoms with Crippen LogP contribution in [0, 0.1) is 40.4 Å². The van der Waals surface area contributed by atoms with Crippen LogP contribution in [-0.4, -0.2) is 33.0 Å². The van der Waals surface area contributed by atoms with E-state index in [0.717, 1.165) is 44.9 Å². The number of hydrogen-bond acceptors (Lipinski definition) is 3. The van der Waals surface area contributed by atoms with E-state index in [0.29, 0.717) is 24.2 Å². The van der Waals surface area contributed by atoms with Crippen LogP contribution >= 0.6 is 0 Å². The molecule has 0 amide bonds. The molecule has 142 valence electrons. The Bertz CT molecular complexity index is 715. The summed E-state index contributed by atoms with van der Waals surface area (Å²) in [6, 6.07) is 0. The van der Waals surface area contributed by atoms with E-state index in [-0.39, 0.29) is 16.9 Å². The normalized spacial score (nSPS) is 49.8. The fraction of sp³-hybridized carbons (Fsp3) is 0.773. The van der Waals surface area contributed by atoms with Gasteiger partial charge in [0.1, 0.15) is 5.60 Å². The zero-order valence-corrected chi connectivity index (χ0v) is 15.8. The molecule has 4 heteroatoms. The second-order valence-corrected chi connectivity index (χ2v) is 9.57. The second-order valence-electron chi connectivity index (χ2n) is 9.57. The third kappa shape index (κ3) is 2.40. The summed E-state index contributed by atoms with van der Waals surface area (Å²) in [5.41, 5.74) is 0.109. The van der Waals surface area contributed by atoms with E-state index in [2.05, 4.69) is 31.8 Å². The third-order valence-corrected chi connectivity index (χ3v) is 8.61. The van der Waals surface area contributed by atoms with E-state index in [4.69, 9.17) is 5.11 Å². The number of carboxylic acid groups (broad SMARTS) is 1. The molecule has 4 aliphatic rings. The number of aliphatic hydroxyl groups is 2. The fourth-order valence-electron chi connectivity index (χ4n) is 7.02. The number of hydrogen-bond donors (Lipinski definition) is 3.